The Labute approximate surface area is 176 Å². The second-order valence-corrected chi connectivity index (χ2v) is 8.56. The molecule has 3 heterocycles. The van der Waals surface area contributed by atoms with Crippen molar-refractivity contribution in [3.63, 3.8) is 0 Å². The van der Waals surface area contributed by atoms with Crippen LogP contribution in [0.15, 0.2) is 47.3 Å². The molecular formula is C25H29N3O2. The minimum atomic E-state index is -0.0152. The summed E-state index contributed by atoms with van der Waals surface area (Å²) < 4.78 is 7.89. The van der Waals surface area contributed by atoms with Crippen LogP contribution in [0.3, 0.4) is 0 Å². The monoisotopic (exact) mass is 403 g/mol. The molecule has 0 atom stereocenters. The molecule has 1 N–H and O–H groups in total. The smallest absolute Gasteiger partial charge is 0.256 e. The normalized spacial score (nSPS) is 15.7. The first-order valence-corrected chi connectivity index (χ1v) is 11.0. The number of H-pyrrole nitrogens is 1. The van der Waals surface area contributed by atoms with Crippen LogP contribution in [0.1, 0.15) is 31.9 Å². The van der Waals surface area contributed by atoms with Crippen LogP contribution in [0.5, 0.6) is 0 Å². The van der Waals surface area contributed by atoms with Crippen molar-refractivity contribution in [3.05, 3.63) is 58.4 Å². The van der Waals surface area contributed by atoms with Crippen LogP contribution >= 0.6 is 0 Å². The maximum Gasteiger partial charge on any atom is 0.256 e. The van der Waals surface area contributed by atoms with E-state index < -0.39 is 0 Å². The van der Waals surface area contributed by atoms with Gasteiger partial charge >= 0.3 is 0 Å². The van der Waals surface area contributed by atoms with E-state index in [9.17, 15) is 4.79 Å². The molecule has 2 aromatic carbocycles. The van der Waals surface area contributed by atoms with E-state index in [4.69, 9.17) is 4.74 Å². The molecule has 0 aliphatic carbocycles. The Morgan fingerprint density at radius 2 is 1.70 bits per heavy atom. The van der Waals surface area contributed by atoms with Gasteiger partial charge in [0.15, 0.2) is 0 Å². The standard InChI is InChI=1S/C25H29N3O2/c1-17(2)28-23-18(8-6-12-27-13-15-30-16-14-27)7-5-11-21(23)22-24(28)19-9-3-4-10-20(19)25(29)26-22/h3-5,7,9-11,17H,6,8,12-16H2,1-2H3,(H,26,29). The van der Waals surface area contributed by atoms with Crippen molar-refractivity contribution in [2.75, 3.05) is 32.8 Å². The van der Waals surface area contributed by atoms with E-state index >= 15 is 0 Å². The quantitative estimate of drug-likeness (QED) is 0.534. The second kappa shape index (κ2) is 7.89. The Morgan fingerprint density at radius 1 is 0.967 bits per heavy atom. The third-order valence-electron chi connectivity index (χ3n) is 6.31. The number of benzene rings is 2. The van der Waals surface area contributed by atoms with Crippen molar-refractivity contribution in [2.45, 2.75) is 32.7 Å². The molecule has 30 heavy (non-hydrogen) atoms. The molecule has 5 heteroatoms. The summed E-state index contributed by atoms with van der Waals surface area (Å²) in [6.07, 6.45) is 2.15. The second-order valence-electron chi connectivity index (χ2n) is 8.56. The van der Waals surface area contributed by atoms with Crippen LogP contribution in [0.25, 0.3) is 32.7 Å². The van der Waals surface area contributed by atoms with Gasteiger partial charge in [0.1, 0.15) is 0 Å². The zero-order valence-electron chi connectivity index (χ0n) is 17.8. The lowest BCUT2D eigenvalue weighted by atomic mass is 10.1. The van der Waals surface area contributed by atoms with Crippen molar-refractivity contribution in [3.8, 4) is 0 Å². The highest BCUT2D eigenvalue weighted by molar-refractivity contribution is 6.16. The van der Waals surface area contributed by atoms with Crippen molar-refractivity contribution < 1.29 is 4.74 Å². The Hall–Kier alpha value is -2.63. The summed E-state index contributed by atoms with van der Waals surface area (Å²) in [7, 11) is 0. The fourth-order valence-corrected chi connectivity index (χ4v) is 4.93. The number of aromatic amines is 1. The number of rotatable bonds is 5. The number of morpholine rings is 1. The third kappa shape index (κ3) is 3.22. The van der Waals surface area contributed by atoms with Gasteiger partial charge in [-0.1, -0.05) is 36.4 Å². The predicted octanol–water partition coefficient (Wildman–Crippen LogP) is 4.48. The largest absolute Gasteiger partial charge is 0.379 e. The lowest BCUT2D eigenvalue weighted by molar-refractivity contribution is 0.0375. The fraction of sp³-hybridized carbons (Fsp3) is 0.400. The van der Waals surface area contributed by atoms with Gasteiger partial charge in [-0.3, -0.25) is 9.69 Å². The van der Waals surface area contributed by atoms with Crippen molar-refractivity contribution >= 4 is 32.7 Å². The number of nitrogens with one attached hydrogen (secondary N) is 1. The summed E-state index contributed by atoms with van der Waals surface area (Å²) in [5, 5.41) is 2.93. The first kappa shape index (κ1) is 19.3. The molecule has 0 radical (unpaired) electrons. The maximum atomic E-state index is 12.8. The molecule has 1 aliphatic rings. The van der Waals surface area contributed by atoms with Gasteiger partial charge in [-0.25, -0.2) is 0 Å². The summed E-state index contributed by atoms with van der Waals surface area (Å²) in [5.41, 5.74) is 4.69. The number of fused-ring (bicyclic) bond motifs is 5. The van der Waals surface area contributed by atoms with Gasteiger partial charge in [0, 0.05) is 35.3 Å². The summed E-state index contributed by atoms with van der Waals surface area (Å²) in [5.74, 6) is 0. The molecule has 5 nitrogen and oxygen atoms in total. The Balaban J connectivity index is 1.65. The summed E-state index contributed by atoms with van der Waals surface area (Å²) in [6.45, 7) is 9.30. The van der Waals surface area contributed by atoms with E-state index in [1.807, 2.05) is 18.2 Å². The van der Waals surface area contributed by atoms with Crippen molar-refractivity contribution in [2.24, 2.45) is 0 Å². The van der Waals surface area contributed by atoms with Gasteiger partial charge in [0.2, 0.25) is 0 Å². The first-order chi connectivity index (χ1) is 14.6. The number of pyridine rings is 1. The molecule has 0 amide bonds. The number of aromatic nitrogens is 2. The molecule has 0 saturated carbocycles. The molecular weight excluding hydrogens is 374 g/mol. The number of hydrogen-bond acceptors (Lipinski definition) is 3. The molecule has 156 valence electrons. The molecule has 2 aromatic heterocycles. The Morgan fingerprint density at radius 3 is 2.47 bits per heavy atom. The van der Waals surface area contributed by atoms with Gasteiger partial charge in [-0.2, -0.15) is 0 Å². The lowest BCUT2D eigenvalue weighted by Crippen LogP contribution is -2.36. The van der Waals surface area contributed by atoms with E-state index in [1.54, 1.807) is 0 Å². The molecule has 0 bridgehead atoms. The Kier molecular flexibility index (Phi) is 5.09. The van der Waals surface area contributed by atoms with Crippen molar-refractivity contribution in [1.29, 1.82) is 0 Å². The lowest BCUT2D eigenvalue weighted by Gasteiger charge is -2.26. The SMILES string of the molecule is CC(C)n1c2c(CCCN3CCOCC3)cccc2c2[nH]c(=O)c3ccccc3c21. The average molecular weight is 404 g/mol. The van der Waals surface area contributed by atoms with Gasteiger partial charge < -0.3 is 14.3 Å². The summed E-state index contributed by atoms with van der Waals surface area (Å²) in [6, 6.07) is 14.8. The van der Waals surface area contributed by atoms with Crippen LogP contribution in [0.2, 0.25) is 0 Å². The predicted molar refractivity (Wildman–Crippen MR) is 124 cm³/mol. The van der Waals surface area contributed by atoms with E-state index in [2.05, 4.69) is 52.6 Å². The molecule has 5 rings (SSSR count). The number of aryl methyl sites for hydroxylation is 1. The van der Waals surface area contributed by atoms with E-state index in [0.29, 0.717) is 6.04 Å². The molecule has 0 unspecified atom stereocenters. The minimum Gasteiger partial charge on any atom is -0.379 e. The van der Waals surface area contributed by atoms with Crippen molar-refractivity contribution in [1.82, 2.24) is 14.5 Å². The van der Waals surface area contributed by atoms with Gasteiger partial charge in [0.05, 0.1) is 29.8 Å². The van der Waals surface area contributed by atoms with Gasteiger partial charge in [-0.05, 0) is 44.9 Å². The molecule has 0 spiro atoms. The van der Waals surface area contributed by atoms with E-state index in [-0.39, 0.29) is 5.56 Å². The highest BCUT2D eigenvalue weighted by Gasteiger charge is 2.19. The van der Waals surface area contributed by atoms with Gasteiger partial charge in [0.25, 0.3) is 5.56 Å². The number of hydrogen-bond donors (Lipinski definition) is 1. The topological polar surface area (TPSA) is 50.3 Å². The zero-order chi connectivity index (χ0) is 20.7. The Bertz CT molecular complexity index is 1260. The minimum absolute atomic E-state index is 0.0152. The number of nitrogens with zero attached hydrogens (tertiary/aromatic N) is 2. The molecule has 1 fully saturated rings. The molecule has 1 saturated heterocycles. The molecule has 1 aliphatic heterocycles. The first-order valence-electron chi connectivity index (χ1n) is 11.0. The fourth-order valence-electron chi connectivity index (χ4n) is 4.93. The maximum absolute atomic E-state index is 12.8. The number of para-hydroxylation sites is 1. The van der Waals surface area contributed by atoms with Gasteiger partial charge in [-0.15, -0.1) is 0 Å². The molecule has 4 aromatic rings. The van der Waals surface area contributed by atoms with E-state index in [1.165, 1.54) is 11.1 Å². The third-order valence-corrected chi connectivity index (χ3v) is 6.31. The highest BCUT2D eigenvalue weighted by Crippen LogP contribution is 2.36. The van der Waals surface area contributed by atoms with Crippen LogP contribution in [0.4, 0.5) is 0 Å². The van der Waals surface area contributed by atoms with Crippen LogP contribution in [-0.4, -0.2) is 47.3 Å². The van der Waals surface area contributed by atoms with Crippen LogP contribution < -0.4 is 5.56 Å². The van der Waals surface area contributed by atoms with E-state index in [0.717, 1.165) is 72.9 Å². The number of ether oxygens (including phenoxy) is 1. The average Bonchev–Trinajstić information content (AvgIpc) is 3.10. The zero-order valence-corrected chi connectivity index (χ0v) is 17.8. The summed E-state index contributed by atoms with van der Waals surface area (Å²) >= 11 is 0. The van der Waals surface area contributed by atoms with Crippen LogP contribution in [0, 0.1) is 0 Å². The summed E-state index contributed by atoms with van der Waals surface area (Å²) in [4.78, 5) is 18.4. The highest BCUT2D eigenvalue weighted by atomic mass is 16.5. The van der Waals surface area contributed by atoms with Crippen LogP contribution in [-0.2, 0) is 11.2 Å².